The minimum atomic E-state index is -0.670. The highest BCUT2D eigenvalue weighted by atomic mass is 32.1. The number of hydrogen-bond donors (Lipinski definition) is 2. The Balaban J connectivity index is 3.67. The van der Waals surface area contributed by atoms with Crippen molar-refractivity contribution in [1.82, 2.24) is 0 Å². The molecule has 0 aliphatic heterocycles. The molecule has 12 heavy (non-hydrogen) atoms. The summed E-state index contributed by atoms with van der Waals surface area (Å²) < 4.78 is 9.79. The molecule has 2 atom stereocenters. The van der Waals surface area contributed by atoms with Crippen LogP contribution in [0.25, 0.3) is 0 Å². The predicted octanol–water partition coefficient (Wildman–Crippen LogP) is 0.169. The van der Waals surface area contributed by atoms with Crippen molar-refractivity contribution in [2.45, 2.75) is 26.2 Å². The molecule has 0 aromatic rings. The molecule has 0 spiro atoms. The van der Waals surface area contributed by atoms with Crippen LogP contribution >= 0.6 is 12.6 Å². The Kier molecular flexibility index (Phi) is 6.14. The quantitative estimate of drug-likeness (QED) is 0.371. The number of ether oxygens (including phenoxy) is 2. The fourth-order valence-corrected chi connectivity index (χ4v) is 0.743. The van der Waals surface area contributed by atoms with Crippen LogP contribution in [0.15, 0.2) is 0 Å². The Bertz CT molecular complexity index is 143. The van der Waals surface area contributed by atoms with Gasteiger partial charge in [-0.05, 0) is 13.8 Å². The van der Waals surface area contributed by atoms with E-state index in [0.717, 1.165) is 0 Å². The van der Waals surface area contributed by atoms with Gasteiger partial charge >= 0.3 is 5.97 Å². The summed E-state index contributed by atoms with van der Waals surface area (Å²) in [6.07, 6.45) is -0.534. The van der Waals surface area contributed by atoms with Gasteiger partial charge in [0.15, 0.2) is 6.29 Å². The maximum absolute atomic E-state index is 11.0. The van der Waals surface area contributed by atoms with Gasteiger partial charge in [0, 0.05) is 12.4 Å². The zero-order chi connectivity index (χ0) is 9.56. The number of nitrogens with two attached hydrogens (primary N) is 1. The lowest BCUT2D eigenvalue weighted by molar-refractivity contribution is -0.174. The molecule has 0 saturated carbocycles. The van der Waals surface area contributed by atoms with Gasteiger partial charge in [-0.1, -0.05) is 0 Å². The third-order valence-corrected chi connectivity index (χ3v) is 1.58. The van der Waals surface area contributed by atoms with E-state index in [1.807, 2.05) is 6.92 Å². The van der Waals surface area contributed by atoms with Crippen LogP contribution in [0, 0.1) is 0 Å². The van der Waals surface area contributed by atoms with E-state index >= 15 is 0 Å². The average molecular weight is 193 g/mol. The van der Waals surface area contributed by atoms with Crippen molar-refractivity contribution in [3.05, 3.63) is 0 Å². The van der Waals surface area contributed by atoms with E-state index in [1.54, 1.807) is 6.92 Å². The topological polar surface area (TPSA) is 61.5 Å². The molecule has 72 valence electrons. The molecule has 0 heterocycles. The SMILES string of the molecule is CCOC(C)OC(=O)C(N)CS. The second-order valence-corrected chi connectivity index (χ2v) is 2.61. The van der Waals surface area contributed by atoms with Gasteiger partial charge < -0.3 is 15.2 Å². The van der Waals surface area contributed by atoms with E-state index in [-0.39, 0.29) is 5.75 Å². The van der Waals surface area contributed by atoms with Gasteiger partial charge in [-0.3, -0.25) is 4.79 Å². The summed E-state index contributed by atoms with van der Waals surface area (Å²) in [5, 5.41) is 0. The molecule has 0 saturated heterocycles. The van der Waals surface area contributed by atoms with Crippen molar-refractivity contribution >= 4 is 18.6 Å². The van der Waals surface area contributed by atoms with Gasteiger partial charge in [0.25, 0.3) is 0 Å². The van der Waals surface area contributed by atoms with E-state index < -0.39 is 18.3 Å². The first kappa shape index (κ1) is 11.7. The molecule has 0 fully saturated rings. The van der Waals surface area contributed by atoms with E-state index in [9.17, 15) is 4.79 Å². The summed E-state index contributed by atoms with van der Waals surface area (Å²) in [5.41, 5.74) is 5.35. The van der Waals surface area contributed by atoms with Gasteiger partial charge in [-0.2, -0.15) is 12.6 Å². The van der Waals surface area contributed by atoms with Crippen molar-refractivity contribution in [2.24, 2.45) is 5.73 Å². The second kappa shape index (κ2) is 6.28. The second-order valence-electron chi connectivity index (χ2n) is 2.25. The molecule has 2 unspecified atom stereocenters. The van der Waals surface area contributed by atoms with Crippen LogP contribution in [0.5, 0.6) is 0 Å². The Morgan fingerprint density at radius 2 is 2.25 bits per heavy atom. The minimum absolute atomic E-state index is 0.275. The van der Waals surface area contributed by atoms with Crippen LogP contribution in [0.3, 0.4) is 0 Å². The minimum Gasteiger partial charge on any atom is -0.435 e. The molecule has 0 aliphatic carbocycles. The van der Waals surface area contributed by atoms with Crippen LogP contribution in [-0.2, 0) is 14.3 Å². The maximum Gasteiger partial charge on any atom is 0.326 e. The summed E-state index contributed by atoms with van der Waals surface area (Å²) in [4.78, 5) is 11.0. The van der Waals surface area contributed by atoms with Crippen LogP contribution in [0.4, 0.5) is 0 Å². The normalized spacial score (nSPS) is 15.3. The number of carbonyl (C=O) groups is 1. The molecule has 0 rings (SSSR count). The molecule has 0 amide bonds. The average Bonchev–Trinajstić information content (AvgIpc) is 2.03. The molecular formula is C7H15NO3S. The number of esters is 1. The van der Waals surface area contributed by atoms with Crippen molar-refractivity contribution in [2.75, 3.05) is 12.4 Å². The van der Waals surface area contributed by atoms with Gasteiger partial charge in [-0.15, -0.1) is 0 Å². The standard InChI is InChI=1S/C7H15NO3S/c1-3-10-5(2)11-7(9)6(8)4-12/h5-6,12H,3-4,8H2,1-2H3. The number of hydrogen-bond acceptors (Lipinski definition) is 5. The molecule has 5 heteroatoms. The largest absolute Gasteiger partial charge is 0.435 e. The Hall–Kier alpha value is -0.260. The van der Waals surface area contributed by atoms with Crippen LogP contribution in [0.1, 0.15) is 13.8 Å². The molecule has 0 radical (unpaired) electrons. The molecule has 0 aromatic heterocycles. The molecule has 0 aliphatic rings. The smallest absolute Gasteiger partial charge is 0.326 e. The number of thiol groups is 1. The molecule has 0 bridgehead atoms. The lowest BCUT2D eigenvalue weighted by Crippen LogP contribution is -2.36. The Morgan fingerprint density at radius 3 is 2.67 bits per heavy atom. The van der Waals surface area contributed by atoms with E-state index in [0.29, 0.717) is 6.61 Å². The molecule has 0 aromatic carbocycles. The van der Waals surface area contributed by atoms with E-state index in [2.05, 4.69) is 12.6 Å². The summed E-state index contributed by atoms with van der Waals surface area (Å²) >= 11 is 3.86. The fourth-order valence-electron chi connectivity index (χ4n) is 0.594. The summed E-state index contributed by atoms with van der Waals surface area (Å²) in [5.74, 6) is -0.205. The number of rotatable bonds is 5. The predicted molar refractivity (Wildman–Crippen MR) is 49.0 cm³/mol. The highest BCUT2D eigenvalue weighted by molar-refractivity contribution is 7.80. The van der Waals surface area contributed by atoms with Gasteiger partial charge in [0.2, 0.25) is 0 Å². The van der Waals surface area contributed by atoms with Crippen molar-refractivity contribution in [3.63, 3.8) is 0 Å². The molecule has 4 nitrogen and oxygen atoms in total. The van der Waals surface area contributed by atoms with E-state index in [4.69, 9.17) is 15.2 Å². The van der Waals surface area contributed by atoms with Crippen molar-refractivity contribution in [1.29, 1.82) is 0 Å². The molecule has 2 N–H and O–H groups in total. The first-order chi connectivity index (χ1) is 5.61. The first-order valence-electron chi connectivity index (χ1n) is 3.80. The maximum atomic E-state index is 11.0. The van der Waals surface area contributed by atoms with Crippen LogP contribution in [-0.4, -0.2) is 30.7 Å². The van der Waals surface area contributed by atoms with Crippen molar-refractivity contribution < 1.29 is 14.3 Å². The highest BCUT2D eigenvalue weighted by Crippen LogP contribution is 1.96. The molecular weight excluding hydrogens is 178 g/mol. The Morgan fingerprint density at radius 1 is 1.67 bits per heavy atom. The Labute approximate surface area is 77.8 Å². The summed E-state index contributed by atoms with van der Waals surface area (Å²) in [7, 11) is 0. The van der Waals surface area contributed by atoms with Crippen LogP contribution in [0.2, 0.25) is 0 Å². The monoisotopic (exact) mass is 193 g/mol. The van der Waals surface area contributed by atoms with E-state index in [1.165, 1.54) is 0 Å². The van der Waals surface area contributed by atoms with Crippen molar-refractivity contribution in [3.8, 4) is 0 Å². The van der Waals surface area contributed by atoms with Gasteiger partial charge in [0.05, 0.1) is 0 Å². The number of carbonyl (C=O) groups excluding carboxylic acids is 1. The first-order valence-corrected chi connectivity index (χ1v) is 4.43. The summed E-state index contributed by atoms with van der Waals surface area (Å²) in [6.45, 7) is 3.97. The summed E-state index contributed by atoms with van der Waals surface area (Å²) in [6, 6.07) is -0.670. The highest BCUT2D eigenvalue weighted by Gasteiger charge is 2.15. The third kappa shape index (κ3) is 4.58. The zero-order valence-corrected chi connectivity index (χ0v) is 8.21. The lowest BCUT2D eigenvalue weighted by Gasteiger charge is -2.14. The third-order valence-electron chi connectivity index (χ3n) is 1.18. The van der Waals surface area contributed by atoms with Crippen LogP contribution < -0.4 is 5.73 Å². The van der Waals surface area contributed by atoms with Gasteiger partial charge in [-0.25, -0.2) is 0 Å². The fraction of sp³-hybridized carbons (Fsp3) is 0.857. The lowest BCUT2D eigenvalue weighted by atomic mass is 10.4. The zero-order valence-electron chi connectivity index (χ0n) is 7.32. The van der Waals surface area contributed by atoms with Gasteiger partial charge in [0.1, 0.15) is 6.04 Å².